The number of aryl methyl sites for hydroxylation is 1. The summed E-state index contributed by atoms with van der Waals surface area (Å²) in [5, 5.41) is 7.69. The third-order valence-corrected chi connectivity index (χ3v) is 4.67. The maximum Gasteiger partial charge on any atom is 0.223 e. The number of hydrogen-bond donors (Lipinski definition) is 3. The summed E-state index contributed by atoms with van der Waals surface area (Å²) >= 11 is 0. The topological polar surface area (TPSA) is 56.9 Å². The first-order valence-electron chi connectivity index (χ1n) is 8.36. The van der Waals surface area contributed by atoms with Gasteiger partial charge in [0.05, 0.1) is 0 Å². The Kier molecular flexibility index (Phi) is 6.48. The third-order valence-electron chi connectivity index (χ3n) is 4.67. The molecule has 0 atom stereocenters. The van der Waals surface area contributed by atoms with E-state index < -0.39 is 0 Å². The van der Waals surface area contributed by atoms with Gasteiger partial charge in [-0.2, -0.15) is 0 Å². The van der Waals surface area contributed by atoms with Crippen LogP contribution in [0.4, 0.5) is 0 Å². The van der Waals surface area contributed by atoms with Crippen molar-refractivity contribution in [3.63, 3.8) is 0 Å². The normalized spacial score (nSPS) is 15.3. The molecule has 2 heterocycles. The molecule has 4 nitrogen and oxygen atoms in total. The molecular weight excluding hydrogens is 310 g/mol. The van der Waals surface area contributed by atoms with E-state index >= 15 is 0 Å². The van der Waals surface area contributed by atoms with Crippen LogP contribution >= 0.6 is 12.4 Å². The molecular formula is C18H26ClN3O. The minimum Gasteiger partial charge on any atom is -0.361 e. The standard InChI is InChI=1S/C18H25N3O.ClH/c1-2-13-4-3-5-16-15(12-21-17(13)16)8-11-20-18(22)14-6-9-19-10-7-14;/h3-5,12,14,19,21H,2,6-11H2,1H3,(H,20,22);1H. The van der Waals surface area contributed by atoms with E-state index in [0.717, 1.165) is 38.8 Å². The predicted molar refractivity (Wildman–Crippen MR) is 97.2 cm³/mol. The van der Waals surface area contributed by atoms with Gasteiger partial charge in [-0.1, -0.05) is 25.1 Å². The third kappa shape index (κ3) is 4.06. The van der Waals surface area contributed by atoms with Gasteiger partial charge in [-0.25, -0.2) is 0 Å². The number of aromatic nitrogens is 1. The number of halogens is 1. The van der Waals surface area contributed by atoms with Gasteiger partial charge >= 0.3 is 0 Å². The number of piperidine rings is 1. The monoisotopic (exact) mass is 335 g/mol. The largest absolute Gasteiger partial charge is 0.361 e. The van der Waals surface area contributed by atoms with Crippen molar-refractivity contribution in [3.05, 3.63) is 35.5 Å². The van der Waals surface area contributed by atoms with Crippen LogP contribution in [-0.2, 0) is 17.6 Å². The van der Waals surface area contributed by atoms with E-state index in [2.05, 4.69) is 46.9 Å². The number of para-hydroxylation sites is 1. The van der Waals surface area contributed by atoms with Crippen molar-refractivity contribution >= 4 is 29.2 Å². The van der Waals surface area contributed by atoms with Crippen molar-refractivity contribution in [2.75, 3.05) is 19.6 Å². The molecule has 1 fully saturated rings. The van der Waals surface area contributed by atoms with Crippen molar-refractivity contribution in [1.82, 2.24) is 15.6 Å². The zero-order valence-electron chi connectivity index (χ0n) is 13.7. The van der Waals surface area contributed by atoms with Gasteiger partial charge in [0, 0.05) is 29.6 Å². The lowest BCUT2D eigenvalue weighted by atomic mass is 9.97. The van der Waals surface area contributed by atoms with Crippen molar-refractivity contribution in [3.8, 4) is 0 Å². The molecule has 0 saturated carbocycles. The number of carbonyl (C=O) groups excluding carboxylic acids is 1. The Hall–Kier alpha value is -1.52. The Bertz CT molecular complexity index is 647. The quantitative estimate of drug-likeness (QED) is 0.787. The second-order valence-corrected chi connectivity index (χ2v) is 6.07. The first-order chi connectivity index (χ1) is 10.8. The zero-order valence-corrected chi connectivity index (χ0v) is 14.5. The molecule has 1 saturated heterocycles. The lowest BCUT2D eigenvalue weighted by molar-refractivity contribution is -0.125. The number of rotatable bonds is 5. The first kappa shape index (κ1) is 17.8. The van der Waals surface area contributed by atoms with Crippen molar-refractivity contribution < 1.29 is 4.79 Å². The summed E-state index contributed by atoms with van der Waals surface area (Å²) in [6.45, 7) is 4.81. The van der Waals surface area contributed by atoms with Crippen LogP contribution in [0.25, 0.3) is 10.9 Å². The molecule has 1 aliphatic rings. The first-order valence-corrected chi connectivity index (χ1v) is 8.36. The highest BCUT2D eigenvalue weighted by molar-refractivity contribution is 5.86. The highest BCUT2D eigenvalue weighted by atomic mass is 35.5. The van der Waals surface area contributed by atoms with Crippen LogP contribution in [0, 0.1) is 5.92 Å². The molecule has 23 heavy (non-hydrogen) atoms. The van der Waals surface area contributed by atoms with E-state index in [4.69, 9.17) is 0 Å². The molecule has 1 amide bonds. The van der Waals surface area contributed by atoms with E-state index in [1.54, 1.807) is 0 Å². The van der Waals surface area contributed by atoms with E-state index in [0.29, 0.717) is 6.54 Å². The maximum atomic E-state index is 12.1. The number of H-pyrrole nitrogens is 1. The highest BCUT2D eigenvalue weighted by Crippen LogP contribution is 2.22. The van der Waals surface area contributed by atoms with Crippen LogP contribution in [0.5, 0.6) is 0 Å². The Labute approximate surface area is 143 Å². The van der Waals surface area contributed by atoms with Crippen LogP contribution in [0.15, 0.2) is 24.4 Å². The smallest absolute Gasteiger partial charge is 0.223 e. The number of aromatic amines is 1. The fraction of sp³-hybridized carbons (Fsp3) is 0.500. The number of amides is 1. The van der Waals surface area contributed by atoms with E-state index in [-0.39, 0.29) is 24.2 Å². The Balaban J connectivity index is 0.00000192. The molecule has 0 bridgehead atoms. The summed E-state index contributed by atoms with van der Waals surface area (Å²) in [5.74, 6) is 0.409. The molecule has 3 N–H and O–H groups in total. The van der Waals surface area contributed by atoms with E-state index in [1.807, 2.05) is 0 Å². The average molecular weight is 336 g/mol. The molecule has 1 aromatic carbocycles. The molecule has 0 radical (unpaired) electrons. The molecule has 2 aromatic rings. The summed E-state index contributed by atoms with van der Waals surface area (Å²) in [5.41, 5.74) is 3.88. The molecule has 0 aliphatic carbocycles. The van der Waals surface area contributed by atoms with Crippen LogP contribution in [0.1, 0.15) is 30.9 Å². The summed E-state index contributed by atoms with van der Waals surface area (Å²) in [7, 11) is 0. The second kappa shape index (κ2) is 8.37. The lowest BCUT2D eigenvalue weighted by Crippen LogP contribution is -2.38. The zero-order chi connectivity index (χ0) is 15.4. The van der Waals surface area contributed by atoms with E-state index in [9.17, 15) is 4.79 Å². The molecule has 1 aromatic heterocycles. The predicted octanol–water partition coefficient (Wildman–Crippen LogP) is 2.81. The van der Waals surface area contributed by atoms with E-state index in [1.165, 1.54) is 22.0 Å². The molecule has 3 rings (SSSR count). The van der Waals surface area contributed by atoms with Gasteiger partial charge in [0.2, 0.25) is 5.91 Å². The van der Waals surface area contributed by atoms with Gasteiger partial charge in [-0.3, -0.25) is 4.79 Å². The summed E-state index contributed by atoms with van der Waals surface area (Å²) in [4.78, 5) is 15.5. The number of benzene rings is 1. The van der Waals surface area contributed by atoms with Gasteiger partial charge in [0.1, 0.15) is 0 Å². The van der Waals surface area contributed by atoms with Crippen LogP contribution < -0.4 is 10.6 Å². The Morgan fingerprint density at radius 1 is 1.26 bits per heavy atom. The molecule has 1 aliphatic heterocycles. The van der Waals surface area contributed by atoms with Crippen molar-refractivity contribution in [1.29, 1.82) is 0 Å². The Morgan fingerprint density at radius 3 is 2.78 bits per heavy atom. The molecule has 0 unspecified atom stereocenters. The lowest BCUT2D eigenvalue weighted by Gasteiger charge is -2.21. The number of hydrogen-bond acceptors (Lipinski definition) is 2. The fourth-order valence-corrected chi connectivity index (χ4v) is 3.33. The molecule has 5 heteroatoms. The fourth-order valence-electron chi connectivity index (χ4n) is 3.33. The van der Waals surface area contributed by atoms with Gasteiger partial charge in [-0.05, 0) is 49.9 Å². The van der Waals surface area contributed by atoms with Crippen LogP contribution in [-0.4, -0.2) is 30.5 Å². The summed E-state index contributed by atoms with van der Waals surface area (Å²) < 4.78 is 0. The van der Waals surface area contributed by atoms with Gasteiger partial charge < -0.3 is 15.6 Å². The van der Waals surface area contributed by atoms with Gasteiger partial charge in [0.15, 0.2) is 0 Å². The maximum absolute atomic E-state index is 12.1. The minimum atomic E-state index is 0. The number of fused-ring (bicyclic) bond motifs is 1. The SMILES string of the molecule is CCc1cccc2c(CCNC(=O)C3CCNCC3)c[nH]c12.Cl. The summed E-state index contributed by atoms with van der Waals surface area (Å²) in [6.07, 6.45) is 5.91. The minimum absolute atomic E-state index is 0. The number of nitrogens with one attached hydrogen (secondary N) is 3. The second-order valence-electron chi connectivity index (χ2n) is 6.07. The Morgan fingerprint density at radius 2 is 2.04 bits per heavy atom. The highest BCUT2D eigenvalue weighted by Gasteiger charge is 2.20. The van der Waals surface area contributed by atoms with Crippen LogP contribution in [0.2, 0.25) is 0 Å². The van der Waals surface area contributed by atoms with Crippen molar-refractivity contribution in [2.45, 2.75) is 32.6 Å². The van der Waals surface area contributed by atoms with Crippen LogP contribution in [0.3, 0.4) is 0 Å². The van der Waals surface area contributed by atoms with Gasteiger partial charge in [-0.15, -0.1) is 12.4 Å². The van der Waals surface area contributed by atoms with Gasteiger partial charge in [0.25, 0.3) is 0 Å². The van der Waals surface area contributed by atoms with Crippen molar-refractivity contribution in [2.24, 2.45) is 5.92 Å². The average Bonchev–Trinajstić information content (AvgIpc) is 2.99. The molecule has 0 spiro atoms. The molecule has 126 valence electrons. The number of carbonyl (C=O) groups is 1. The summed E-state index contributed by atoms with van der Waals surface area (Å²) in [6, 6.07) is 6.45.